The van der Waals surface area contributed by atoms with Gasteiger partial charge in [0.1, 0.15) is 18.6 Å². The lowest BCUT2D eigenvalue weighted by Crippen LogP contribution is -2.53. The van der Waals surface area contributed by atoms with Gasteiger partial charge >= 0.3 is 12.1 Å². The zero-order chi connectivity index (χ0) is 24.1. The highest BCUT2D eigenvalue weighted by atomic mass is 16.6. The summed E-state index contributed by atoms with van der Waals surface area (Å²) in [5, 5.41) is 0. The Morgan fingerprint density at radius 2 is 1.50 bits per heavy atom. The van der Waals surface area contributed by atoms with E-state index in [4.69, 9.17) is 14.2 Å². The van der Waals surface area contributed by atoms with Gasteiger partial charge in [-0.3, -0.25) is 14.5 Å². The molecule has 2 amide bonds. The first-order valence-corrected chi connectivity index (χ1v) is 11.5. The van der Waals surface area contributed by atoms with Gasteiger partial charge in [0.05, 0.1) is 18.8 Å². The maximum Gasteiger partial charge on any atom is 0.410 e. The van der Waals surface area contributed by atoms with Crippen LogP contribution in [0.25, 0.3) is 0 Å². The Balaban J connectivity index is 1.35. The third-order valence-corrected chi connectivity index (χ3v) is 6.29. The van der Waals surface area contributed by atoms with E-state index >= 15 is 0 Å². The van der Waals surface area contributed by atoms with Crippen molar-refractivity contribution in [2.45, 2.75) is 39.2 Å². The number of hydrogen-bond acceptors (Lipinski definition) is 6. The molecular weight excluding hydrogens is 436 g/mol. The predicted octanol–water partition coefficient (Wildman–Crippen LogP) is 3.00. The number of amides is 2. The summed E-state index contributed by atoms with van der Waals surface area (Å²) in [7, 11) is 0. The number of carbonyl (C=O) groups is 3. The molecule has 4 rings (SSSR count). The third-order valence-electron chi connectivity index (χ3n) is 6.29. The summed E-state index contributed by atoms with van der Waals surface area (Å²) in [6.07, 6.45) is -0.754. The average Bonchev–Trinajstić information content (AvgIpc) is 3.31. The van der Waals surface area contributed by atoms with Crippen LogP contribution in [-0.2, 0) is 37.0 Å². The fourth-order valence-corrected chi connectivity index (χ4v) is 4.27. The van der Waals surface area contributed by atoms with Crippen LogP contribution in [0.1, 0.15) is 25.0 Å². The maximum absolute atomic E-state index is 13.3. The van der Waals surface area contributed by atoms with E-state index < -0.39 is 17.5 Å². The lowest BCUT2D eigenvalue weighted by Gasteiger charge is -2.35. The number of esters is 1. The molecule has 2 unspecified atom stereocenters. The van der Waals surface area contributed by atoms with Gasteiger partial charge in [-0.1, -0.05) is 60.7 Å². The topological polar surface area (TPSA) is 85.4 Å². The van der Waals surface area contributed by atoms with Crippen molar-refractivity contribution < 1.29 is 28.6 Å². The van der Waals surface area contributed by atoms with E-state index in [1.807, 2.05) is 60.7 Å². The molecule has 0 saturated carbocycles. The Morgan fingerprint density at radius 1 is 0.912 bits per heavy atom. The minimum Gasteiger partial charge on any atom is -0.460 e. The molecule has 8 nitrogen and oxygen atoms in total. The fourth-order valence-electron chi connectivity index (χ4n) is 4.27. The Bertz CT molecular complexity index is 1010. The molecule has 0 bridgehead atoms. The Morgan fingerprint density at radius 3 is 2.12 bits per heavy atom. The van der Waals surface area contributed by atoms with Gasteiger partial charge in [-0.05, 0) is 25.0 Å². The highest BCUT2D eigenvalue weighted by Gasteiger charge is 2.49. The number of rotatable bonds is 6. The second-order valence-corrected chi connectivity index (χ2v) is 9.11. The molecule has 0 spiro atoms. The first kappa shape index (κ1) is 23.8. The van der Waals surface area contributed by atoms with Crippen molar-refractivity contribution >= 4 is 18.0 Å². The van der Waals surface area contributed by atoms with Crippen LogP contribution >= 0.6 is 0 Å². The van der Waals surface area contributed by atoms with Crippen molar-refractivity contribution in [1.82, 2.24) is 9.80 Å². The summed E-state index contributed by atoms with van der Waals surface area (Å²) in [6, 6.07) is 18.5. The highest BCUT2D eigenvalue weighted by molar-refractivity contribution is 6.02. The number of likely N-dealkylation sites (tertiary alicyclic amines) is 1. The van der Waals surface area contributed by atoms with E-state index in [-0.39, 0.29) is 37.8 Å². The zero-order valence-electron chi connectivity index (χ0n) is 19.5. The van der Waals surface area contributed by atoms with Crippen LogP contribution in [-0.4, -0.2) is 66.2 Å². The van der Waals surface area contributed by atoms with Crippen LogP contribution in [0.4, 0.5) is 4.79 Å². The van der Waals surface area contributed by atoms with Gasteiger partial charge in [-0.2, -0.15) is 0 Å². The fraction of sp³-hybridized carbons (Fsp3) is 0.423. The average molecular weight is 467 g/mol. The van der Waals surface area contributed by atoms with Crippen LogP contribution in [0.3, 0.4) is 0 Å². The molecule has 0 aromatic heterocycles. The second-order valence-electron chi connectivity index (χ2n) is 9.11. The number of morpholine rings is 1. The molecule has 34 heavy (non-hydrogen) atoms. The number of ether oxygens (including phenoxy) is 3. The monoisotopic (exact) mass is 466 g/mol. The molecule has 0 N–H and O–H groups in total. The molecular formula is C26H30N2O6. The van der Waals surface area contributed by atoms with Gasteiger partial charge in [0.25, 0.3) is 0 Å². The summed E-state index contributed by atoms with van der Waals surface area (Å²) < 4.78 is 16.8. The second kappa shape index (κ2) is 10.3. The van der Waals surface area contributed by atoms with E-state index in [0.29, 0.717) is 19.7 Å². The van der Waals surface area contributed by atoms with Crippen LogP contribution in [0, 0.1) is 5.41 Å². The molecule has 180 valence electrons. The number of nitrogens with zero attached hydrogens (tertiary/aromatic N) is 2. The molecule has 0 radical (unpaired) electrons. The molecule has 2 aromatic rings. The first-order chi connectivity index (χ1) is 16.4. The molecule has 2 aliphatic heterocycles. The lowest BCUT2D eigenvalue weighted by molar-refractivity contribution is -0.163. The van der Waals surface area contributed by atoms with Gasteiger partial charge in [0, 0.05) is 19.6 Å². The van der Waals surface area contributed by atoms with Gasteiger partial charge in [-0.25, -0.2) is 4.79 Å². The summed E-state index contributed by atoms with van der Waals surface area (Å²) >= 11 is 0. The van der Waals surface area contributed by atoms with Crippen molar-refractivity contribution in [3.63, 3.8) is 0 Å². The van der Waals surface area contributed by atoms with Crippen molar-refractivity contribution in [1.29, 1.82) is 0 Å². The van der Waals surface area contributed by atoms with Gasteiger partial charge in [0.15, 0.2) is 0 Å². The smallest absolute Gasteiger partial charge is 0.410 e. The van der Waals surface area contributed by atoms with Gasteiger partial charge in [0.2, 0.25) is 5.91 Å². The van der Waals surface area contributed by atoms with E-state index in [1.165, 1.54) is 0 Å². The van der Waals surface area contributed by atoms with E-state index in [1.54, 1.807) is 23.6 Å². The van der Waals surface area contributed by atoms with Crippen LogP contribution in [0.15, 0.2) is 60.7 Å². The quantitative estimate of drug-likeness (QED) is 0.481. The Hall–Kier alpha value is -3.39. The predicted molar refractivity (Wildman–Crippen MR) is 123 cm³/mol. The van der Waals surface area contributed by atoms with E-state index in [9.17, 15) is 14.4 Å². The minimum atomic E-state index is -1.36. The van der Waals surface area contributed by atoms with Crippen LogP contribution < -0.4 is 0 Å². The van der Waals surface area contributed by atoms with Crippen molar-refractivity contribution in [3.05, 3.63) is 71.8 Å². The van der Waals surface area contributed by atoms with E-state index in [2.05, 4.69) is 0 Å². The number of benzene rings is 2. The first-order valence-electron chi connectivity index (χ1n) is 11.5. The molecule has 2 aliphatic rings. The van der Waals surface area contributed by atoms with Crippen LogP contribution in [0.2, 0.25) is 0 Å². The Labute approximate surface area is 199 Å². The molecule has 2 heterocycles. The third kappa shape index (κ3) is 5.22. The van der Waals surface area contributed by atoms with Gasteiger partial charge in [-0.15, -0.1) is 0 Å². The molecule has 2 saturated heterocycles. The normalized spacial score (nSPS) is 19.9. The minimum absolute atomic E-state index is 0.103. The largest absolute Gasteiger partial charge is 0.460 e. The molecule has 2 aromatic carbocycles. The van der Waals surface area contributed by atoms with Crippen molar-refractivity contribution in [2.75, 3.05) is 26.2 Å². The van der Waals surface area contributed by atoms with E-state index in [0.717, 1.165) is 11.1 Å². The molecule has 8 heteroatoms. The zero-order valence-corrected chi connectivity index (χ0v) is 19.5. The molecule has 0 aliphatic carbocycles. The summed E-state index contributed by atoms with van der Waals surface area (Å²) in [6.45, 7) is 4.75. The SMILES string of the molecule is CC(C)(C(=O)OCc1ccccc1)C(=O)N1CC2OCCN(C(=O)OCc3ccccc3)C2C1. The summed E-state index contributed by atoms with van der Waals surface area (Å²) in [5.41, 5.74) is 0.394. The summed E-state index contributed by atoms with van der Waals surface area (Å²) in [4.78, 5) is 42.0. The number of carbonyl (C=O) groups excluding carboxylic acids is 3. The summed E-state index contributed by atoms with van der Waals surface area (Å²) in [5.74, 6) is -0.933. The van der Waals surface area contributed by atoms with Crippen LogP contribution in [0.5, 0.6) is 0 Å². The lowest BCUT2D eigenvalue weighted by atomic mass is 9.92. The standard InChI is InChI=1S/C26H30N2O6/c1-26(2,24(30)33-17-19-9-5-3-6-10-19)23(29)27-15-21-22(16-27)32-14-13-28(21)25(31)34-18-20-11-7-4-8-12-20/h3-12,21-22H,13-18H2,1-2H3. The van der Waals surface area contributed by atoms with Crippen molar-refractivity contribution in [3.8, 4) is 0 Å². The van der Waals surface area contributed by atoms with Crippen molar-refractivity contribution in [2.24, 2.45) is 5.41 Å². The number of hydrogen-bond donors (Lipinski definition) is 0. The molecule has 2 atom stereocenters. The van der Waals surface area contributed by atoms with Gasteiger partial charge < -0.3 is 19.1 Å². The molecule has 2 fully saturated rings. The maximum atomic E-state index is 13.3. The number of fused-ring (bicyclic) bond motifs is 1. The Kier molecular flexibility index (Phi) is 7.17. The highest BCUT2D eigenvalue weighted by Crippen LogP contribution is 2.29.